The third-order valence-corrected chi connectivity index (χ3v) is 6.49. The van der Waals surface area contributed by atoms with E-state index in [0.717, 1.165) is 29.9 Å². The number of likely N-dealkylation sites (tertiary alicyclic amines) is 1. The van der Waals surface area contributed by atoms with E-state index in [9.17, 15) is 15.2 Å². The zero-order valence-corrected chi connectivity index (χ0v) is 20.2. The second-order valence-electron chi connectivity index (χ2n) is 8.95. The summed E-state index contributed by atoms with van der Waals surface area (Å²) in [6, 6.07) is 16.1. The number of aliphatic carboxylic acids is 1. The molecule has 0 radical (unpaired) electrons. The van der Waals surface area contributed by atoms with E-state index in [0.29, 0.717) is 35.6 Å². The molecule has 0 bridgehead atoms. The Morgan fingerprint density at radius 3 is 2.78 bits per heavy atom. The molecule has 11 nitrogen and oxygen atoms in total. The molecule has 1 saturated heterocycles. The highest BCUT2D eigenvalue weighted by molar-refractivity contribution is 5.74. The van der Waals surface area contributed by atoms with Crippen LogP contribution in [-0.4, -0.2) is 58.5 Å². The summed E-state index contributed by atoms with van der Waals surface area (Å²) in [7, 11) is 0. The van der Waals surface area contributed by atoms with Gasteiger partial charge in [-0.25, -0.2) is 14.6 Å². The summed E-state index contributed by atoms with van der Waals surface area (Å²) in [5.74, 6) is -0.698. The normalized spacial score (nSPS) is 16.4. The monoisotopic (exact) mass is 495 g/mol. The van der Waals surface area contributed by atoms with Crippen molar-refractivity contribution in [2.45, 2.75) is 38.4 Å². The molecule has 37 heavy (non-hydrogen) atoms. The van der Waals surface area contributed by atoms with Gasteiger partial charge in [-0.05, 0) is 56.6 Å². The molecule has 3 N–H and O–H groups in total. The van der Waals surface area contributed by atoms with Crippen LogP contribution < -0.4 is 5.73 Å². The average molecular weight is 496 g/mol. The van der Waals surface area contributed by atoms with E-state index >= 15 is 0 Å². The third-order valence-electron chi connectivity index (χ3n) is 6.49. The average Bonchev–Trinajstić information content (AvgIpc) is 3.58. The summed E-state index contributed by atoms with van der Waals surface area (Å²) in [6.07, 6.45) is 3.28. The minimum absolute atomic E-state index is 0.0920. The van der Waals surface area contributed by atoms with Crippen LogP contribution in [0, 0.1) is 11.3 Å². The predicted molar refractivity (Wildman–Crippen MR) is 135 cm³/mol. The number of carboxylic acid groups (broad SMARTS) is 1. The number of carbonyl (C=O) groups is 1. The smallest absolute Gasteiger partial charge is 0.320 e. The zero-order valence-electron chi connectivity index (χ0n) is 20.2. The van der Waals surface area contributed by atoms with Crippen LogP contribution in [0.25, 0.3) is 22.6 Å². The summed E-state index contributed by atoms with van der Waals surface area (Å²) in [5.41, 5.74) is 10.5. The lowest BCUT2D eigenvalue weighted by molar-refractivity contribution is -0.142. The van der Waals surface area contributed by atoms with E-state index in [-0.39, 0.29) is 12.0 Å². The molecule has 4 aromatic rings. The van der Waals surface area contributed by atoms with Gasteiger partial charge < -0.3 is 10.8 Å². The molecular formula is C26H25N9O2. The number of hydrogen-bond donors (Lipinski definition) is 2. The lowest BCUT2D eigenvalue weighted by Crippen LogP contribution is -2.38. The first-order valence-corrected chi connectivity index (χ1v) is 11.9. The topological polar surface area (TPSA) is 160 Å². The van der Waals surface area contributed by atoms with Crippen LogP contribution in [0.15, 0.2) is 54.7 Å². The van der Waals surface area contributed by atoms with E-state index in [1.54, 1.807) is 35.1 Å². The molecule has 5 rings (SSSR count). The van der Waals surface area contributed by atoms with E-state index < -0.39 is 12.0 Å². The molecule has 1 fully saturated rings. The summed E-state index contributed by atoms with van der Waals surface area (Å²) in [6.45, 7) is 3.11. The van der Waals surface area contributed by atoms with Gasteiger partial charge in [0.1, 0.15) is 11.7 Å². The number of nitrogens with two attached hydrogens (primary N) is 1. The molecule has 0 amide bonds. The fourth-order valence-corrected chi connectivity index (χ4v) is 4.66. The van der Waals surface area contributed by atoms with Gasteiger partial charge in [0, 0.05) is 5.56 Å². The van der Waals surface area contributed by atoms with Crippen molar-refractivity contribution in [3.05, 3.63) is 71.7 Å². The van der Waals surface area contributed by atoms with Gasteiger partial charge in [-0.2, -0.15) is 5.26 Å². The van der Waals surface area contributed by atoms with E-state index in [1.807, 2.05) is 36.1 Å². The highest BCUT2D eigenvalue weighted by atomic mass is 16.4. The summed E-state index contributed by atoms with van der Waals surface area (Å²) in [5, 5.41) is 27.2. The number of anilines is 1. The number of pyridine rings is 1. The fourth-order valence-electron chi connectivity index (χ4n) is 4.66. The zero-order chi connectivity index (χ0) is 25.9. The largest absolute Gasteiger partial charge is 0.480 e. The highest BCUT2D eigenvalue weighted by Gasteiger charge is 2.34. The Balaban J connectivity index is 1.36. The van der Waals surface area contributed by atoms with Crippen LogP contribution in [-0.2, 0) is 11.3 Å². The fraction of sp³-hybridized carbons (Fsp3) is 0.269. The number of nitrogen functional groups attached to an aromatic ring is 1. The van der Waals surface area contributed by atoms with Gasteiger partial charge in [-0.1, -0.05) is 23.4 Å². The maximum atomic E-state index is 11.6. The Hall–Kier alpha value is -4.69. The van der Waals surface area contributed by atoms with Crippen molar-refractivity contribution in [3.63, 3.8) is 0 Å². The summed E-state index contributed by atoms with van der Waals surface area (Å²) in [4.78, 5) is 27.0. The molecule has 3 aromatic heterocycles. The highest BCUT2D eigenvalue weighted by Crippen LogP contribution is 2.29. The Bertz CT molecular complexity index is 1490. The molecule has 1 aliphatic rings. The van der Waals surface area contributed by atoms with Crippen LogP contribution in [0.3, 0.4) is 0 Å². The van der Waals surface area contributed by atoms with Gasteiger partial charge in [-0.3, -0.25) is 14.7 Å². The molecule has 2 atom stereocenters. The van der Waals surface area contributed by atoms with Gasteiger partial charge in [0.05, 0.1) is 53.2 Å². The number of nitrogens with zero attached hydrogens (tertiary/aromatic N) is 8. The molecule has 1 aliphatic heterocycles. The van der Waals surface area contributed by atoms with Crippen molar-refractivity contribution in [1.29, 1.82) is 5.26 Å². The second-order valence-corrected chi connectivity index (χ2v) is 8.95. The van der Waals surface area contributed by atoms with Crippen LogP contribution in [0.1, 0.15) is 42.8 Å². The van der Waals surface area contributed by atoms with E-state index in [2.05, 4.69) is 26.3 Å². The number of nitriles is 1. The van der Waals surface area contributed by atoms with Crippen LogP contribution in [0.5, 0.6) is 0 Å². The van der Waals surface area contributed by atoms with Crippen molar-refractivity contribution in [1.82, 2.24) is 34.8 Å². The minimum atomic E-state index is -0.790. The third kappa shape index (κ3) is 5.14. The van der Waals surface area contributed by atoms with Gasteiger partial charge in [0.25, 0.3) is 0 Å². The van der Waals surface area contributed by atoms with Gasteiger partial charge in [0.2, 0.25) is 5.95 Å². The Labute approximate surface area is 213 Å². The number of carboxylic acids is 1. The number of aromatic nitrogens is 6. The Kier molecular flexibility index (Phi) is 6.57. The molecule has 0 spiro atoms. The van der Waals surface area contributed by atoms with Crippen molar-refractivity contribution in [2.75, 3.05) is 12.3 Å². The Morgan fingerprint density at radius 2 is 1.97 bits per heavy atom. The first-order chi connectivity index (χ1) is 17.9. The number of benzene rings is 1. The quantitative estimate of drug-likeness (QED) is 0.390. The van der Waals surface area contributed by atoms with Gasteiger partial charge >= 0.3 is 5.97 Å². The molecular weight excluding hydrogens is 470 g/mol. The lowest BCUT2D eigenvalue weighted by atomic mass is 10.1. The molecule has 1 aromatic carbocycles. The SMILES string of the molecule is C[C@H](c1cccc(Cn2cc(-c3cc(-c4cccc(C#N)c4)nc(N)n3)nn2)n1)N1CCCC1C(=O)O. The summed E-state index contributed by atoms with van der Waals surface area (Å²) >= 11 is 0. The van der Waals surface area contributed by atoms with Crippen LogP contribution in [0.2, 0.25) is 0 Å². The number of hydrogen-bond acceptors (Lipinski definition) is 9. The van der Waals surface area contributed by atoms with Crippen molar-refractivity contribution in [2.24, 2.45) is 0 Å². The maximum Gasteiger partial charge on any atom is 0.320 e. The van der Waals surface area contributed by atoms with E-state index in [4.69, 9.17) is 10.7 Å². The predicted octanol–water partition coefficient (Wildman–Crippen LogP) is 2.91. The van der Waals surface area contributed by atoms with Crippen LogP contribution in [0.4, 0.5) is 5.95 Å². The van der Waals surface area contributed by atoms with Gasteiger partial charge in [0.15, 0.2) is 0 Å². The molecule has 1 unspecified atom stereocenters. The van der Waals surface area contributed by atoms with Crippen LogP contribution >= 0.6 is 0 Å². The standard InChI is InChI=1S/C26H25N9O2/c1-16(35-10-4-9-24(35)25(36)37)20-8-3-7-19(29-20)14-34-15-23(32-33-34)22-12-21(30-26(28)31-22)18-6-2-5-17(11-18)13-27/h2-3,5-8,11-12,15-16,24H,4,9-10,14H2,1H3,(H,36,37)(H2,28,30,31)/t16-,24?/m1/s1. The van der Waals surface area contributed by atoms with Crippen molar-refractivity contribution >= 4 is 11.9 Å². The molecule has 0 saturated carbocycles. The molecule has 0 aliphatic carbocycles. The minimum Gasteiger partial charge on any atom is -0.480 e. The summed E-state index contributed by atoms with van der Waals surface area (Å²) < 4.78 is 1.66. The lowest BCUT2D eigenvalue weighted by Gasteiger charge is -2.28. The number of rotatable bonds is 7. The molecule has 186 valence electrons. The van der Waals surface area contributed by atoms with Gasteiger partial charge in [-0.15, -0.1) is 5.10 Å². The maximum absolute atomic E-state index is 11.6. The molecule has 4 heterocycles. The Morgan fingerprint density at radius 1 is 1.16 bits per heavy atom. The van der Waals surface area contributed by atoms with Crippen molar-refractivity contribution in [3.8, 4) is 28.7 Å². The first kappa shape index (κ1) is 24.0. The molecule has 11 heteroatoms. The van der Waals surface area contributed by atoms with E-state index in [1.165, 1.54) is 0 Å². The van der Waals surface area contributed by atoms with Crippen molar-refractivity contribution < 1.29 is 9.90 Å². The second kappa shape index (κ2) is 10.1. The first-order valence-electron chi connectivity index (χ1n) is 11.9.